The Morgan fingerprint density at radius 2 is 1.96 bits per heavy atom. The lowest BCUT2D eigenvalue weighted by Gasteiger charge is -2.35. The summed E-state index contributed by atoms with van der Waals surface area (Å²) in [4.78, 5) is 26.4. The number of amides is 2. The van der Waals surface area contributed by atoms with Crippen LogP contribution in [0.5, 0.6) is 0 Å². The maximum absolute atomic E-state index is 12.6. The fraction of sp³-hybridized carbons (Fsp3) is 0.684. The van der Waals surface area contributed by atoms with Crippen molar-refractivity contribution >= 4 is 11.8 Å². The molecule has 3 unspecified atom stereocenters. The minimum absolute atomic E-state index is 0.0177. The number of carbonyl (C=O) groups is 2. The molecule has 0 bridgehead atoms. The van der Waals surface area contributed by atoms with E-state index < -0.39 is 0 Å². The van der Waals surface area contributed by atoms with E-state index in [4.69, 9.17) is 4.74 Å². The lowest BCUT2D eigenvalue weighted by molar-refractivity contribution is -0.138. The summed E-state index contributed by atoms with van der Waals surface area (Å²) in [5, 5.41) is 6.09. The Hall–Kier alpha value is -1.66. The van der Waals surface area contributed by atoms with E-state index in [-0.39, 0.29) is 30.1 Å². The molecule has 2 rings (SSSR count). The van der Waals surface area contributed by atoms with Gasteiger partial charge in [-0.05, 0) is 46.7 Å². The van der Waals surface area contributed by atoms with Crippen molar-refractivity contribution in [1.29, 1.82) is 0 Å². The molecule has 6 nitrogen and oxygen atoms in total. The second kappa shape index (κ2) is 9.73. The molecule has 0 spiro atoms. The average Bonchev–Trinajstić information content (AvgIpc) is 2.58. The Morgan fingerprint density at radius 3 is 2.56 bits per heavy atom. The quantitative estimate of drug-likeness (QED) is 0.681. The molecule has 1 aliphatic heterocycles. The maximum atomic E-state index is 12.6. The van der Waals surface area contributed by atoms with Crippen LogP contribution in [0.15, 0.2) is 23.8 Å². The molecule has 0 radical (unpaired) electrons. The van der Waals surface area contributed by atoms with Gasteiger partial charge in [-0.3, -0.25) is 9.59 Å². The molecule has 0 aromatic rings. The van der Waals surface area contributed by atoms with Gasteiger partial charge in [-0.25, -0.2) is 0 Å². The molecular formula is C19H31N3O3. The zero-order valence-corrected chi connectivity index (χ0v) is 15.6. The zero-order chi connectivity index (χ0) is 18.2. The smallest absolute Gasteiger partial charge is 0.253 e. The lowest BCUT2D eigenvalue weighted by atomic mass is 10.0. The van der Waals surface area contributed by atoms with Gasteiger partial charge in [0.25, 0.3) is 5.91 Å². The number of hydrogen-bond donors (Lipinski definition) is 2. The molecule has 0 saturated carbocycles. The third-order valence-corrected chi connectivity index (χ3v) is 4.48. The van der Waals surface area contributed by atoms with E-state index in [2.05, 4.69) is 10.6 Å². The standard InChI is InChI=1S/C19H31N3O3/c1-14-12-22(13-15(2)25-14)19(24)16-7-9-17(10-8-16)21-18(23)6-4-5-11-20-3/h7-9,14-15,17,20H,4-6,10-13H2,1-3H3,(H,21,23). The van der Waals surface area contributed by atoms with Crippen molar-refractivity contribution < 1.29 is 14.3 Å². The van der Waals surface area contributed by atoms with Crippen LogP contribution in [0, 0.1) is 0 Å². The molecule has 3 atom stereocenters. The van der Waals surface area contributed by atoms with E-state index in [1.54, 1.807) is 0 Å². The molecular weight excluding hydrogens is 318 g/mol. The van der Waals surface area contributed by atoms with Crippen molar-refractivity contribution in [3.63, 3.8) is 0 Å². The molecule has 0 aromatic carbocycles. The summed E-state index contributed by atoms with van der Waals surface area (Å²) in [5.74, 6) is 0.125. The Balaban J connectivity index is 1.77. The predicted molar refractivity (Wildman–Crippen MR) is 98.1 cm³/mol. The number of hydrogen-bond acceptors (Lipinski definition) is 4. The second-order valence-corrected chi connectivity index (χ2v) is 6.96. The Kier molecular flexibility index (Phi) is 7.65. The van der Waals surface area contributed by atoms with Crippen LogP contribution in [-0.4, -0.2) is 61.6 Å². The summed E-state index contributed by atoms with van der Waals surface area (Å²) >= 11 is 0. The average molecular weight is 349 g/mol. The van der Waals surface area contributed by atoms with E-state index >= 15 is 0 Å². The van der Waals surface area contributed by atoms with Crippen molar-refractivity contribution in [2.45, 2.75) is 57.8 Å². The topological polar surface area (TPSA) is 70.7 Å². The number of nitrogens with one attached hydrogen (secondary N) is 2. The van der Waals surface area contributed by atoms with Crippen LogP contribution >= 0.6 is 0 Å². The largest absolute Gasteiger partial charge is 0.372 e. The molecule has 1 aliphatic carbocycles. The highest BCUT2D eigenvalue weighted by molar-refractivity contribution is 5.96. The number of morpholine rings is 1. The van der Waals surface area contributed by atoms with Crippen molar-refractivity contribution in [3.05, 3.63) is 23.8 Å². The van der Waals surface area contributed by atoms with Gasteiger partial charge in [-0.1, -0.05) is 18.2 Å². The van der Waals surface area contributed by atoms with Crippen LogP contribution in [0.2, 0.25) is 0 Å². The van der Waals surface area contributed by atoms with E-state index in [1.807, 2.05) is 44.0 Å². The lowest BCUT2D eigenvalue weighted by Crippen LogP contribution is -2.48. The molecule has 1 saturated heterocycles. The molecule has 1 heterocycles. The first-order valence-electron chi connectivity index (χ1n) is 9.26. The first-order valence-corrected chi connectivity index (χ1v) is 9.26. The Morgan fingerprint density at radius 1 is 1.24 bits per heavy atom. The van der Waals surface area contributed by atoms with Gasteiger partial charge < -0.3 is 20.3 Å². The molecule has 2 N–H and O–H groups in total. The number of ether oxygens (including phenoxy) is 1. The van der Waals surface area contributed by atoms with E-state index in [1.165, 1.54) is 0 Å². The third-order valence-electron chi connectivity index (χ3n) is 4.48. The molecule has 2 aliphatic rings. The third kappa shape index (κ3) is 6.29. The van der Waals surface area contributed by atoms with Gasteiger partial charge in [0.15, 0.2) is 0 Å². The van der Waals surface area contributed by atoms with E-state index in [9.17, 15) is 9.59 Å². The molecule has 1 fully saturated rings. The molecule has 140 valence electrons. The summed E-state index contributed by atoms with van der Waals surface area (Å²) in [6, 6.07) is -0.0177. The van der Waals surface area contributed by atoms with Crippen molar-refractivity contribution in [1.82, 2.24) is 15.5 Å². The summed E-state index contributed by atoms with van der Waals surface area (Å²) < 4.78 is 5.68. The minimum Gasteiger partial charge on any atom is -0.372 e. The fourth-order valence-electron chi connectivity index (χ4n) is 3.28. The Bertz CT molecular complexity index is 520. The number of rotatable bonds is 7. The highest BCUT2D eigenvalue weighted by atomic mass is 16.5. The fourth-order valence-corrected chi connectivity index (χ4v) is 3.28. The zero-order valence-electron chi connectivity index (χ0n) is 15.6. The van der Waals surface area contributed by atoms with Crippen LogP contribution < -0.4 is 10.6 Å². The predicted octanol–water partition coefficient (Wildman–Crippen LogP) is 1.38. The van der Waals surface area contributed by atoms with Gasteiger partial charge in [-0.15, -0.1) is 0 Å². The van der Waals surface area contributed by atoms with E-state index in [0.717, 1.165) is 19.4 Å². The Labute approximate surface area is 150 Å². The summed E-state index contributed by atoms with van der Waals surface area (Å²) in [7, 11) is 1.91. The molecule has 0 aromatic heterocycles. The maximum Gasteiger partial charge on any atom is 0.253 e. The SMILES string of the molecule is CNCCCCC(=O)NC1C=CC(C(=O)N2CC(C)OC(C)C2)=CC1. The van der Waals surface area contributed by atoms with Crippen LogP contribution in [0.1, 0.15) is 39.5 Å². The monoisotopic (exact) mass is 349 g/mol. The molecule has 2 amide bonds. The number of carbonyl (C=O) groups excluding carboxylic acids is 2. The van der Waals surface area contributed by atoms with Crippen LogP contribution in [0.4, 0.5) is 0 Å². The summed E-state index contributed by atoms with van der Waals surface area (Å²) in [6.45, 7) is 6.16. The minimum atomic E-state index is -0.0177. The normalized spacial score (nSPS) is 26.3. The van der Waals surface area contributed by atoms with Crippen LogP contribution in [0.25, 0.3) is 0 Å². The van der Waals surface area contributed by atoms with Crippen LogP contribution in [-0.2, 0) is 14.3 Å². The van der Waals surface area contributed by atoms with Crippen molar-refractivity contribution in [2.24, 2.45) is 0 Å². The van der Waals surface area contributed by atoms with Gasteiger partial charge >= 0.3 is 0 Å². The van der Waals surface area contributed by atoms with Crippen LogP contribution in [0.3, 0.4) is 0 Å². The van der Waals surface area contributed by atoms with Crippen molar-refractivity contribution in [3.8, 4) is 0 Å². The van der Waals surface area contributed by atoms with Crippen molar-refractivity contribution in [2.75, 3.05) is 26.7 Å². The van der Waals surface area contributed by atoms with E-state index in [0.29, 0.717) is 31.5 Å². The summed E-state index contributed by atoms with van der Waals surface area (Å²) in [5.41, 5.74) is 0.709. The van der Waals surface area contributed by atoms with Gasteiger partial charge in [0.05, 0.1) is 18.2 Å². The number of unbranched alkanes of at least 4 members (excludes halogenated alkanes) is 1. The highest BCUT2D eigenvalue weighted by Crippen LogP contribution is 2.18. The van der Waals surface area contributed by atoms with Gasteiger partial charge in [-0.2, -0.15) is 0 Å². The summed E-state index contributed by atoms with van der Waals surface area (Å²) in [6.07, 6.45) is 8.91. The first kappa shape index (κ1) is 19.7. The second-order valence-electron chi connectivity index (χ2n) is 6.96. The first-order chi connectivity index (χ1) is 12.0. The van der Waals surface area contributed by atoms with Gasteiger partial charge in [0.2, 0.25) is 5.91 Å². The van der Waals surface area contributed by atoms with Gasteiger partial charge in [0.1, 0.15) is 0 Å². The molecule has 25 heavy (non-hydrogen) atoms. The highest BCUT2D eigenvalue weighted by Gasteiger charge is 2.27. The molecule has 6 heteroatoms. The number of nitrogens with zero attached hydrogens (tertiary/aromatic N) is 1. The van der Waals surface area contributed by atoms with Gasteiger partial charge in [0, 0.05) is 25.1 Å².